The minimum atomic E-state index is -0.868. The number of fused-ring (bicyclic) bond motifs is 3. The van der Waals surface area contributed by atoms with Crippen molar-refractivity contribution in [2.45, 2.75) is 33.1 Å². The summed E-state index contributed by atoms with van der Waals surface area (Å²) < 4.78 is 34.1. The second-order valence-corrected chi connectivity index (χ2v) is 15.0. The standard InChI is InChI=1S/C40H36F2N6O4S/c1-23-16-28(36(44-20-23)47-21-40(22-47)11-14-52-15-12-40)37(49)45-27-8-6-25(7-9-27)39(51)48-13-10-26-18-32(38(50)46-33-29(41)4-3-5-30(33)42)53-35(26)34-31(48)17-24(2)19-43-34/h3-9,16-20H,10-15,21-22H2,1-2H3,(H,45,49)(H,46,50). The first kappa shape index (κ1) is 34.6. The molecule has 2 N–H and O–H groups in total. The van der Waals surface area contributed by atoms with Crippen molar-refractivity contribution in [2.75, 3.05) is 53.3 Å². The predicted molar refractivity (Wildman–Crippen MR) is 200 cm³/mol. The molecule has 13 heteroatoms. The number of carbonyl (C=O) groups is 3. The molecule has 2 aromatic carbocycles. The van der Waals surface area contributed by atoms with Crippen LogP contribution in [0.25, 0.3) is 10.6 Å². The van der Waals surface area contributed by atoms with E-state index in [1.54, 1.807) is 47.6 Å². The number of thiophene rings is 1. The van der Waals surface area contributed by atoms with E-state index in [9.17, 15) is 23.2 Å². The number of carbonyl (C=O) groups excluding carboxylic acids is 3. The van der Waals surface area contributed by atoms with Crippen molar-refractivity contribution in [3.63, 3.8) is 0 Å². The first-order valence-electron chi connectivity index (χ1n) is 17.5. The maximum absolute atomic E-state index is 14.2. The lowest BCUT2D eigenvalue weighted by atomic mass is 9.73. The van der Waals surface area contributed by atoms with Gasteiger partial charge in [-0.1, -0.05) is 6.07 Å². The van der Waals surface area contributed by atoms with Gasteiger partial charge in [0, 0.05) is 61.9 Å². The zero-order valence-corrected chi connectivity index (χ0v) is 30.0. The highest BCUT2D eigenvalue weighted by Gasteiger charge is 2.45. The summed E-state index contributed by atoms with van der Waals surface area (Å²) in [7, 11) is 0. The largest absolute Gasteiger partial charge is 0.381 e. The maximum atomic E-state index is 14.2. The molecular weight excluding hydrogens is 699 g/mol. The quantitative estimate of drug-likeness (QED) is 0.187. The van der Waals surface area contributed by atoms with Crippen LogP contribution in [0.4, 0.5) is 31.7 Å². The number of hydrogen-bond donors (Lipinski definition) is 2. The number of nitrogens with zero attached hydrogens (tertiary/aromatic N) is 4. The molecule has 3 aliphatic rings. The van der Waals surface area contributed by atoms with Gasteiger partial charge >= 0.3 is 0 Å². The number of benzene rings is 2. The molecule has 2 fully saturated rings. The van der Waals surface area contributed by atoms with Gasteiger partial charge in [0.15, 0.2) is 0 Å². The van der Waals surface area contributed by atoms with Crippen LogP contribution >= 0.6 is 11.3 Å². The Morgan fingerprint density at radius 3 is 2.30 bits per heavy atom. The van der Waals surface area contributed by atoms with E-state index >= 15 is 0 Å². The molecule has 5 aromatic rings. The van der Waals surface area contributed by atoms with E-state index < -0.39 is 23.2 Å². The van der Waals surface area contributed by atoms with Crippen LogP contribution in [0, 0.1) is 30.9 Å². The fourth-order valence-electron chi connectivity index (χ4n) is 7.28. The van der Waals surface area contributed by atoms with Gasteiger partial charge in [0.1, 0.15) is 28.8 Å². The third-order valence-electron chi connectivity index (χ3n) is 10.1. The second kappa shape index (κ2) is 13.8. The summed E-state index contributed by atoms with van der Waals surface area (Å²) in [5.41, 5.74) is 4.84. The van der Waals surface area contributed by atoms with E-state index in [1.165, 1.54) is 6.07 Å². The second-order valence-electron chi connectivity index (χ2n) is 14.0. The van der Waals surface area contributed by atoms with E-state index in [-0.39, 0.29) is 22.1 Å². The van der Waals surface area contributed by atoms with E-state index in [4.69, 9.17) is 4.74 Å². The average Bonchev–Trinajstić information content (AvgIpc) is 3.51. The number of pyridine rings is 2. The van der Waals surface area contributed by atoms with Crippen molar-refractivity contribution in [1.29, 1.82) is 0 Å². The van der Waals surface area contributed by atoms with Gasteiger partial charge in [0.2, 0.25) is 0 Å². The van der Waals surface area contributed by atoms with Gasteiger partial charge < -0.3 is 25.2 Å². The van der Waals surface area contributed by atoms with Gasteiger partial charge in [-0.3, -0.25) is 19.4 Å². The topological polar surface area (TPSA) is 117 Å². The minimum absolute atomic E-state index is 0.223. The van der Waals surface area contributed by atoms with Gasteiger partial charge in [0.25, 0.3) is 17.7 Å². The number of hydrogen-bond acceptors (Lipinski definition) is 8. The van der Waals surface area contributed by atoms with E-state index in [1.807, 2.05) is 26.0 Å². The molecule has 0 unspecified atom stereocenters. The third-order valence-corrected chi connectivity index (χ3v) is 11.3. The number of ether oxygens (including phenoxy) is 1. The summed E-state index contributed by atoms with van der Waals surface area (Å²) in [5.74, 6) is -2.23. The molecule has 3 aliphatic heterocycles. The Balaban J connectivity index is 0.991. The number of anilines is 4. The van der Waals surface area contributed by atoms with E-state index in [0.29, 0.717) is 51.9 Å². The summed E-state index contributed by atoms with van der Waals surface area (Å²) in [6.45, 7) is 7.32. The summed E-state index contributed by atoms with van der Waals surface area (Å²) in [6, 6.07) is 15.6. The number of halogens is 2. The molecule has 6 heterocycles. The Morgan fingerprint density at radius 1 is 0.868 bits per heavy atom. The Bertz CT molecular complexity index is 2240. The Morgan fingerprint density at radius 2 is 1.57 bits per heavy atom. The van der Waals surface area contributed by atoms with Gasteiger partial charge in [-0.05, 0) is 104 Å². The molecule has 0 saturated carbocycles. The van der Waals surface area contributed by atoms with Crippen LogP contribution in [-0.2, 0) is 11.2 Å². The van der Waals surface area contributed by atoms with E-state index in [0.717, 1.165) is 79.3 Å². The average molecular weight is 735 g/mol. The zero-order chi connectivity index (χ0) is 36.9. The van der Waals surface area contributed by atoms with Crippen molar-refractivity contribution < 1.29 is 27.9 Å². The molecule has 2 saturated heterocycles. The highest BCUT2D eigenvalue weighted by atomic mass is 32.1. The summed E-state index contributed by atoms with van der Waals surface area (Å²) in [6.07, 6.45) is 5.92. The Labute approximate surface area is 308 Å². The fraction of sp³-hybridized carbons (Fsp3) is 0.275. The number of aryl methyl sites for hydroxylation is 2. The predicted octanol–water partition coefficient (Wildman–Crippen LogP) is 7.42. The van der Waals surface area contributed by atoms with Crippen LogP contribution in [0.3, 0.4) is 0 Å². The van der Waals surface area contributed by atoms with Gasteiger partial charge in [-0.25, -0.2) is 13.8 Å². The normalized spacial score (nSPS) is 15.9. The number of aromatic nitrogens is 2. The van der Waals surface area contributed by atoms with Crippen LogP contribution in [0.15, 0.2) is 73.1 Å². The van der Waals surface area contributed by atoms with Crippen LogP contribution < -0.4 is 20.4 Å². The monoisotopic (exact) mass is 734 g/mol. The fourth-order valence-corrected chi connectivity index (χ4v) is 8.39. The maximum Gasteiger partial charge on any atom is 0.265 e. The lowest BCUT2D eigenvalue weighted by molar-refractivity contribution is -0.000511. The molecule has 3 aromatic heterocycles. The van der Waals surface area contributed by atoms with Crippen molar-refractivity contribution >= 4 is 51.9 Å². The van der Waals surface area contributed by atoms with Crippen LogP contribution in [0.5, 0.6) is 0 Å². The Kier molecular flexibility index (Phi) is 8.99. The number of para-hydroxylation sites is 1. The number of rotatable bonds is 6. The van der Waals surface area contributed by atoms with Crippen molar-refractivity contribution in [1.82, 2.24) is 9.97 Å². The lowest BCUT2D eigenvalue weighted by Crippen LogP contribution is -2.59. The number of amides is 3. The molecule has 0 bridgehead atoms. The first-order chi connectivity index (χ1) is 25.6. The third kappa shape index (κ3) is 6.66. The molecule has 53 heavy (non-hydrogen) atoms. The van der Waals surface area contributed by atoms with Gasteiger partial charge in [-0.15, -0.1) is 11.3 Å². The molecule has 10 nitrogen and oxygen atoms in total. The molecule has 1 spiro atoms. The lowest BCUT2D eigenvalue weighted by Gasteiger charge is -2.53. The van der Waals surface area contributed by atoms with Crippen LogP contribution in [0.1, 0.15) is 59.9 Å². The molecule has 3 amide bonds. The molecule has 270 valence electrons. The minimum Gasteiger partial charge on any atom is -0.381 e. The van der Waals surface area contributed by atoms with Crippen LogP contribution in [-0.4, -0.2) is 60.5 Å². The molecule has 8 rings (SSSR count). The zero-order valence-electron chi connectivity index (χ0n) is 29.2. The first-order valence-corrected chi connectivity index (χ1v) is 18.3. The SMILES string of the molecule is Cc1cnc(N2CC3(CCOCC3)C2)c(C(=O)Nc2ccc(C(=O)N3CCc4cc(C(=O)Nc5c(F)cccc5F)sc4-c4ncc(C)cc43)cc2)c1. The Hall–Kier alpha value is -5.53. The summed E-state index contributed by atoms with van der Waals surface area (Å²) in [5, 5.41) is 5.34. The molecular formula is C40H36F2N6O4S. The van der Waals surface area contributed by atoms with E-state index in [2.05, 4.69) is 25.5 Å². The van der Waals surface area contributed by atoms with Crippen molar-refractivity contribution in [2.24, 2.45) is 5.41 Å². The molecule has 0 aliphatic carbocycles. The van der Waals surface area contributed by atoms with Crippen molar-refractivity contribution in [3.8, 4) is 10.6 Å². The molecule has 0 atom stereocenters. The van der Waals surface area contributed by atoms with Crippen molar-refractivity contribution in [3.05, 3.63) is 117 Å². The van der Waals surface area contributed by atoms with Gasteiger partial charge in [-0.2, -0.15) is 0 Å². The number of nitrogens with one attached hydrogen (secondary N) is 2. The van der Waals surface area contributed by atoms with Crippen LogP contribution in [0.2, 0.25) is 0 Å². The molecule has 0 radical (unpaired) electrons. The smallest absolute Gasteiger partial charge is 0.265 e. The van der Waals surface area contributed by atoms with Gasteiger partial charge in [0.05, 0.1) is 21.0 Å². The highest BCUT2D eigenvalue weighted by Crippen LogP contribution is 2.43. The summed E-state index contributed by atoms with van der Waals surface area (Å²) >= 11 is 1.16. The highest BCUT2D eigenvalue weighted by molar-refractivity contribution is 7.17. The summed E-state index contributed by atoms with van der Waals surface area (Å²) in [4.78, 5) is 54.9.